The van der Waals surface area contributed by atoms with Crippen molar-refractivity contribution in [2.75, 3.05) is 41.1 Å². The number of nitrogens with zero attached hydrogens (tertiary/aromatic N) is 5. The Hall–Kier alpha value is -3.23. The summed E-state index contributed by atoms with van der Waals surface area (Å²) in [5, 5.41) is 11.6. The van der Waals surface area contributed by atoms with E-state index in [-0.39, 0.29) is 24.8 Å². The van der Waals surface area contributed by atoms with E-state index in [2.05, 4.69) is 20.0 Å². The number of pyridine rings is 2. The normalized spacial score (nSPS) is 15.2. The molecule has 1 amide bonds. The third-order valence-corrected chi connectivity index (χ3v) is 6.42. The highest BCUT2D eigenvalue weighted by molar-refractivity contribution is 7.90. The van der Waals surface area contributed by atoms with Crippen molar-refractivity contribution in [3.8, 4) is 6.07 Å². The van der Waals surface area contributed by atoms with E-state index in [4.69, 9.17) is 5.26 Å². The molecule has 170 valence electrons. The van der Waals surface area contributed by atoms with Crippen LogP contribution in [0.15, 0.2) is 30.5 Å². The Balaban J connectivity index is 1.66. The van der Waals surface area contributed by atoms with Gasteiger partial charge in [-0.3, -0.25) is 9.52 Å². The van der Waals surface area contributed by atoms with Crippen LogP contribution in [0, 0.1) is 23.7 Å². The lowest BCUT2D eigenvalue weighted by atomic mass is 9.96. The summed E-state index contributed by atoms with van der Waals surface area (Å²) in [6, 6.07) is 8.77. The Morgan fingerprint density at radius 1 is 1.12 bits per heavy atom. The van der Waals surface area contributed by atoms with Crippen LogP contribution in [-0.2, 0) is 15.0 Å². The van der Waals surface area contributed by atoms with Crippen LogP contribution in [0.25, 0.3) is 0 Å². The molecule has 0 saturated carbocycles. The van der Waals surface area contributed by atoms with Crippen molar-refractivity contribution in [2.24, 2.45) is 5.41 Å². The fraction of sp³-hybridized carbons (Fsp3) is 0.429. The van der Waals surface area contributed by atoms with Gasteiger partial charge >= 0.3 is 10.2 Å². The molecule has 0 unspecified atom stereocenters. The van der Waals surface area contributed by atoms with Crippen molar-refractivity contribution in [1.82, 2.24) is 14.3 Å². The molecule has 11 heteroatoms. The molecule has 0 aliphatic carbocycles. The second-order valence-corrected chi connectivity index (χ2v) is 10.3. The lowest BCUT2D eigenvalue weighted by Gasteiger charge is -2.34. The molecule has 2 aromatic heterocycles. The molecule has 0 radical (unpaired) electrons. The highest BCUT2D eigenvalue weighted by Gasteiger charge is 2.28. The topological polar surface area (TPSA) is 131 Å². The Labute approximate surface area is 188 Å². The Bertz CT molecular complexity index is 1130. The number of piperazine rings is 1. The summed E-state index contributed by atoms with van der Waals surface area (Å²) in [6.07, 6.45) is 1.50. The first-order valence-corrected chi connectivity index (χ1v) is 11.6. The van der Waals surface area contributed by atoms with Crippen LogP contribution in [0.2, 0.25) is 0 Å². The van der Waals surface area contributed by atoms with Crippen LogP contribution in [0.5, 0.6) is 0 Å². The molecule has 1 saturated heterocycles. The van der Waals surface area contributed by atoms with Gasteiger partial charge in [0.1, 0.15) is 23.5 Å². The lowest BCUT2D eigenvalue weighted by molar-refractivity contribution is -0.123. The summed E-state index contributed by atoms with van der Waals surface area (Å²) in [6.45, 7) is 8.64. The van der Waals surface area contributed by atoms with Gasteiger partial charge in [-0.1, -0.05) is 20.8 Å². The zero-order chi connectivity index (χ0) is 23.5. The number of amides is 1. The Morgan fingerprint density at radius 3 is 2.34 bits per heavy atom. The van der Waals surface area contributed by atoms with Crippen LogP contribution in [0.1, 0.15) is 31.9 Å². The van der Waals surface area contributed by atoms with Crippen LogP contribution in [0.3, 0.4) is 0 Å². The first-order valence-electron chi connectivity index (χ1n) is 10.2. The van der Waals surface area contributed by atoms with Gasteiger partial charge in [-0.2, -0.15) is 18.0 Å². The summed E-state index contributed by atoms with van der Waals surface area (Å²) in [4.78, 5) is 22.7. The molecule has 1 aliphatic heterocycles. The first-order chi connectivity index (χ1) is 15.0. The zero-order valence-electron chi connectivity index (χ0n) is 18.6. The van der Waals surface area contributed by atoms with Crippen molar-refractivity contribution < 1.29 is 13.2 Å². The van der Waals surface area contributed by atoms with E-state index in [1.807, 2.05) is 11.0 Å². The van der Waals surface area contributed by atoms with Crippen molar-refractivity contribution in [1.29, 1.82) is 5.26 Å². The summed E-state index contributed by atoms with van der Waals surface area (Å²) in [5.41, 5.74) is 0.635. The SMILES string of the molecule is Cc1cc(NC(=O)C(C)(C)C)nc(NS(=O)(=O)N2CCN(c3ccc(C#N)cn3)CC2)c1. The summed E-state index contributed by atoms with van der Waals surface area (Å²) in [5.74, 6) is 0.926. The van der Waals surface area contributed by atoms with E-state index >= 15 is 0 Å². The smallest absolute Gasteiger partial charge is 0.302 e. The Morgan fingerprint density at radius 2 is 1.78 bits per heavy atom. The average Bonchev–Trinajstić information content (AvgIpc) is 2.72. The van der Waals surface area contributed by atoms with E-state index in [1.54, 1.807) is 52.0 Å². The second-order valence-electron chi connectivity index (χ2n) is 8.63. The maximum atomic E-state index is 12.9. The minimum Gasteiger partial charge on any atom is -0.354 e. The molecule has 10 nitrogen and oxygen atoms in total. The minimum atomic E-state index is -3.83. The van der Waals surface area contributed by atoms with E-state index in [9.17, 15) is 13.2 Å². The largest absolute Gasteiger partial charge is 0.354 e. The number of carbonyl (C=O) groups is 1. The van der Waals surface area contributed by atoms with Gasteiger partial charge in [0, 0.05) is 37.8 Å². The molecular weight excluding hydrogens is 430 g/mol. The number of carbonyl (C=O) groups excluding carboxylic acids is 1. The van der Waals surface area contributed by atoms with Gasteiger partial charge < -0.3 is 10.2 Å². The molecule has 2 N–H and O–H groups in total. The monoisotopic (exact) mass is 457 g/mol. The molecule has 0 atom stereocenters. The van der Waals surface area contributed by atoms with Crippen molar-refractivity contribution in [3.63, 3.8) is 0 Å². The second kappa shape index (κ2) is 9.10. The maximum Gasteiger partial charge on any atom is 0.302 e. The van der Waals surface area contributed by atoms with E-state index < -0.39 is 15.6 Å². The number of hydrogen-bond acceptors (Lipinski definition) is 7. The fourth-order valence-electron chi connectivity index (χ4n) is 3.08. The zero-order valence-corrected chi connectivity index (χ0v) is 19.4. The van der Waals surface area contributed by atoms with Crippen LogP contribution < -0.4 is 14.9 Å². The lowest BCUT2D eigenvalue weighted by Crippen LogP contribution is -2.50. The number of nitrogens with one attached hydrogen (secondary N) is 2. The predicted molar refractivity (Wildman–Crippen MR) is 122 cm³/mol. The van der Waals surface area contributed by atoms with E-state index in [1.165, 1.54) is 10.5 Å². The summed E-state index contributed by atoms with van der Waals surface area (Å²) < 4.78 is 29.7. The first kappa shape index (κ1) is 23.4. The standard InChI is InChI=1S/C21H27N7O3S/c1-15-11-17(25-20(29)21(2,3)4)24-18(12-15)26-32(30,31)28-9-7-27(8-10-28)19-6-5-16(13-22)14-23-19/h5-6,11-12,14H,7-10H2,1-4H3,(H2,24,25,26,29). The summed E-state index contributed by atoms with van der Waals surface area (Å²) in [7, 11) is -3.83. The molecule has 1 aliphatic rings. The molecule has 0 bridgehead atoms. The maximum absolute atomic E-state index is 12.9. The molecule has 1 fully saturated rings. The molecule has 3 heterocycles. The quantitative estimate of drug-likeness (QED) is 0.703. The highest BCUT2D eigenvalue weighted by atomic mass is 32.2. The van der Waals surface area contributed by atoms with Gasteiger partial charge in [-0.05, 0) is 36.8 Å². The molecule has 32 heavy (non-hydrogen) atoms. The predicted octanol–water partition coefficient (Wildman–Crippen LogP) is 2.12. The van der Waals surface area contributed by atoms with Gasteiger partial charge in [-0.25, -0.2) is 9.97 Å². The number of hydrogen-bond donors (Lipinski definition) is 2. The molecule has 0 spiro atoms. The number of anilines is 3. The van der Waals surface area contributed by atoms with Gasteiger partial charge in [-0.15, -0.1) is 0 Å². The van der Waals surface area contributed by atoms with Gasteiger partial charge in [0.2, 0.25) is 5.91 Å². The number of aryl methyl sites for hydroxylation is 1. The van der Waals surface area contributed by atoms with Gasteiger partial charge in [0.05, 0.1) is 5.56 Å². The van der Waals surface area contributed by atoms with E-state index in [0.29, 0.717) is 30.3 Å². The van der Waals surface area contributed by atoms with Crippen LogP contribution in [0.4, 0.5) is 17.5 Å². The molecule has 0 aromatic carbocycles. The molecule has 2 aromatic rings. The minimum absolute atomic E-state index is 0.144. The van der Waals surface area contributed by atoms with Crippen molar-refractivity contribution in [2.45, 2.75) is 27.7 Å². The summed E-state index contributed by atoms with van der Waals surface area (Å²) >= 11 is 0. The average molecular weight is 458 g/mol. The molecular formula is C21H27N7O3S. The van der Waals surface area contributed by atoms with Crippen molar-refractivity contribution in [3.05, 3.63) is 41.6 Å². The van der Waals surface area contributed by atoms with Crippen molar-refractivity contribution >= 4 is 33.6 Å². The number of aromatic nitrogens is 2. The third kappa shape index (κ3) is 5.72. The molecule has 3 rings (SSSR count). The van der Waals surface area contributed by atoms with Gasteiger partial charge in [0.15, 0.2) is 0 Å². The number of nitriles is 1. The highest BCUT2D eigenvalue weighted by Crippen LogP contribution is 2.21. The Kier molecular flexibility index (Phi) is 6.66. The third-order valence-electron chi connectivity index (χ3n) is 4.91. The van der Waals surface area contributed by atoms with Crippen LogP contribution in [-0.4, -0.2) is 54.8 Å². The van der Waals surface area contributed by atoms with Gasteiger partial charge in [0.25, 0.3) is 0 Å². The number of rotatable bonds is 5. The van der Waals surface area contributed by atoms with Crippen LogP contribution >= 0.6 is 0 Å². The van der Waals surface area contributed by atoms with E-state index in [0.717, 1.165) is 5.56 Å². The fourth-order valence-corrected chi connectivity index (χ4v) is 4.22.